The Bertz CT molecular complexity index is 481. The molecule has 1 aromatic rings. The lowest BCUT2D eigenvalue weighted by molar-refractivity contribution is -0.121. The van der Waals surface area contributed by atoms with Crippen molar-refractivity contribution >= 4 is 18.0 Å². The lowest BCUT2D eigenvalue weighted by atomic mass is 10.3. The van der Waals surface area contributed by atoms with Crippen molar-refractivity contribution in [2.45, 2.75) is 20.4 Å². The number of aromatic carboxylic acids is 1. The van der Waals surface area contributed by atoms with Crippen molar-refractivity contribution in [3.05, 3.63) is 11.4 Å². The van der Waals surface area contributed by atoms with Crippen molar-refractivity contribution in [3.8, 4) is 0 Å². The molecule has 18 heavy (non-hydrogen) atoms. The zero-order valence-corrected chi connectivity index (χ0v) is 9.84. The van der Waals surface area contributed by atoms with Gasteiger partial charge in [0.25, 0.3) is 5.91 Å². The molecule has 1 rings (SSSR count). The van der Waals surface area contributed by atoms with E-state index in [1.165, 1.54) is 6.92 Å². The Hall–Kier alpha value is -2.45. The van der Waals surface area contributed by atoms with Crippen LogP contribution >= 0.6 is 0 Å². The van der Waals surface area contributed by atoms with Crippen LogP contribution in [0.5, 0.6) is 0 Å². The molecule has 0 aliphatic heterocycles. The van der Waals surface area contributed by atoms with Crippen LogP contribution in [-0.4, -0.2) is 44.7 Å². The number of carbonyl (C=O) groups is 3. The lowest BCUT2D eigenvalue weighted by Gasteiger charge is -2.04. The molecule has 0 saturated heterocycles. The molecule has 0 atom stereocenters. The van der Waals surface area contributed by atoms with Crippen molar-refractivity contribution < 1.29 is 24.2 Å². The normalized spacial score (nSPS) is 9.89. The predicted molar refractivity (Wildman–Crippen MR) is 56.9 cm³/mol. The Morgan fingerprint density at radius 2 is 2.11 bits per heavy atom. The number of hydrogen-bond donors (Lipinski definition) is 2. The van der Waals surface area contributed by atoms with Crippen LogP contribution in [0.4, 0.5) is 4.79 Å². The number of carboxylic acid groups (broad SMARTS) is 1. The number of amides is 2. The van der Waals surface area contributed by atoms with Gasteiger partial charge in [0.05, 0.1) is 12.3 Å². The zero-order chi connectivity index (χ0) is 13.7. The van der Waals surface area contributed by atoms with Gasteiger partial charge in [0.1, 0.15) is 6.54 Å². The first-order chi connectivity index (χ1) is 8.45. The number of hydrogen-bond acceptors (Lipinski definition) is 6. The van der Waals surface area contributed by atoms with Gasteiger partial charge in [0.2, 0.25) is 0 Å². The van der Waals surface area contributed by atoms with Crippen LogP contribution in [0.2, 0.25) is 0 Å². The Balaban J connectivity index is 2.65. The number of imide groups is 1. The number of carbonyl (C=O) groups excluding carboxylic acids is 2. The average Bonchev–Trinajstić information content (AvgIpc) is 2.60. The second-order valence-corrected chi connectivity index (χ2v) is 3.25. The number of alkyl carbamates (subject to hydrolysis) is 1. The molecule has 0 bridgehead atoms. The van der Waals surface area contributed by atoms with Gasteiger partial charge in [-0.2, -0.15) is 0 Å². The number of carboxylic acids is 1. The molecule has 0 aromatic carbocycles. The fourth-order valence-electron chi connectivity index (χ4n) is 1.16. The van der Waals surface area contributed by atoms with E-state index in [9.17, 15) is 14.4 Å². The van der Waals surface area contributed by atoms with Crippen LogP contribution in [0, 0.1) is 6.92 Å². The van der Waals surface area contributed by atoms with Gasteiger partial charge in [0.15, 0.2) is 5.69 Å². The molecule has 0 saturated carbocycles. The highest BCUT2D eigenvalue weighted by molar-refractivity contribution is 5.91. The summed E-state index contributed by atoms with van der Waals surface area (Å²) in [6.45, 7) is 2.89. The zero-order valence-electron chi connectivity index (χ0n) is 9.84. The summed E-state index contributed by atoms with van der Waals surface area (Å²) in [5, 5.41) is 17.6. The van der Waals surface area contributed by atoms with Crippen molar-refractivity contribution in [2.75, 3.05) is 6.61 Å². The van der Waals surface area contributed by atoms with Gasteiger partial charge in [-0.15, -0.1) is 5.10 Å². The van der Waals surface area contributed by atoms with Gasteiger partial charge in [-0.25, -0.2) is 14.3 Å². The molecule has 0 radical (unpaired) electrons. The van der Waals surface area contributed by atoms with Crippen LogP contribution in [0.15, 0.2) is 0 Å². The van der Waals surface area contributed by atoms with E-state index < -0.39 is 18.0 Å². The molecule has 9 heteroatoms. The van der Waals surface area contributed by atoms with E-state index in [0.29, 0.717) is 0 Å². The third-order valence-electron chi connectivity index (χ3n) is 2.00. The van der Waals surface area contributed by atoms with E-state index in [2.05, 4.69) is 15.0 Å². The largest absolute Gasteiger partial charge is 0.476 e. The number of ether oxygens (including phenoxy) is 1. The maximum Gasteiger partial charge on any atom is 0.413 e. The number of aromatic nitrogens is 3. The van der Waals surface area contributed by atoms with Crippen LogP contribution in [0.1, 0.15) is 23.1 Å². The van der Waals surface area contributed by atoms with Crippen LogP contribution < -0.4 is 5.32 Å². The first kappa shape index (κ1) is 13.6. The van der Waals surface area contributed by atoms with Gasteiger partial charge in [-0.1, -0.05) is 5.21 Å². The summed E-state index contributed by atoms with van der Waals surface area (Å²) in [6.07, 6.45) is -0.862. The van der Waals surface area contributed by atoms with Gasteiger partial charge in [-0.3, -0.25) is 10.1 Å². The average molecular weight is 256 g/mol. The molecule has 98 valence electrons. The fourth-order valence-corrected chi connectivity index (χ4v) is 1.16. The summed E-state index contributed by atoms with van der Waals surface area (Å²) < 4.78 is 5.59. The minimum atomic E-state index is -1.23. The van der Waals surface area contributed by atoms with E-state index >= 15 is 0 Å². The van der Waals surface area contributed by atoms with Gasteiger partial charge >= 0.3 is 12.1 Å². The Labute approximate surface area is 102 Å². The molecule has 2 N–H and O–H groups in total. The van der Waals surface area contributed by atoms with Crippen LogP contribution in [0.3, 0.4) is 0 Å². The van der Waals surface area contributed by atoms with E-state index in [4.69, 9.17) is 5.11 Å². The van der Waals surface area contributed by atoms with E-state index in [1.807, 2.05) is 5.32 Å². The first-order valence-electron chi connectivity index (χ1n) is 5.05. The molecule has 1 aromatic heterocycles. The minimum absolute atomic E-state index is 0.143. The first-order valence-corrected chi connectivity index (χ1v) is 5.05. The summed E-state index contributed by atoms with van der Waals surface area (Å²) in [5.74, 6) is -1.90. The number of rotatable bonds is 4. The summed E-state index contributed by atoms with van der Waals surface area (Å²) in [6, 6.07) is 0. The maximum atomic E-state index is 11.4. The third kappa shape index (κ3) is 3.27. The highest BCUT2D eigenvalue weighted by Gasteiger charge is 2.17. The molecule has 1 heterocycles. The fraction of sp³-hybridized carbons (Fsp3) is 0.444. The van der Waals surface area contributed by atoms with Crippen molar-refractivity contribution in [3.63, 3.8) is 0 Å². The van der Waals surface area contributed by atoms with Gasteiger partial charge in [0, 0.05) is 0 Å². The molecule has 0 spiro atoms. The van der Waals surface area contributed by atoms with Gasteiger partial charge in [-0.05, 0) is 13.8 Å². The Morgan fingerprint density at radius 1 is 1.44 bits per heavy atom. The molecular formula is C9H12N4O5. The minimum Gasteiger partial charge on any atom is -0.476 e. The summed E-state index contributed by atoms with van der Waals surface area (Å²) in [4.78, 5) is 33.0. The second kappa shape index (κ2) is 5.75. The Kier molecular flexibility index (Phi) is 4.35. The van der Waals surface area contributed by atoms with E-state index in [0.717, 1.165) is 4.68 Å². The topological polar surface area (TPSA) is 123 Å². The molecule has 2 amide bonds. The smallest absolute Gasteiger partial charge is 0.413 e. The van der Waals surface area contributed by atoms with E-state index in [1.54, 1.807) is 6.92 Å². The van der Waals surface area contributed by atoms with Gasteiger partial charge < -0.3 is 9.84 Å². The monoisotopic (exact) mass is 256 g/mol. The highest BCUT2D eigenvalue weighted by atomic mass is 16.5. The molecule has 0 unspecified atom stereocenters. The Morgan fingerprint density at radius 3 is 2.61 bits per heavy atom. The molecule has 0 aliphatic rings. The molecule has 0 aliphatic carbocycles. The summed E-state index contributed by atoms with van der Waals surface area (Å²) >= 11 is 0. The quantitative estimate of drug-likeness (QED) is 0.748. The van der Waals surface area contributed by atoms with Crippen LogP contribution in [0.25, 0.3) is 0 Å². The second-order valence-electron chi connectivity index (χ2n) is 3.25. The lowest BCUT2D eigenvalue weighted by Crippen LogP contribution is -2.34. The summed E-state index contributed by atoms with van der Waals surface area (Å²) in [5.41, 5.74) is -0.0135. The standard InChI is InChI=1S/C9H12N4O5/c1-3-18-9(17)10-6(14)4-13-5(2)7(8(15)16)11-12-13/h3-4H2,1-2H3,(H,15,16)(H,10,14,17). The van der Waals surface area contributed by atoms with Crippen molar-refractivity contribution in [1.29, 1.82) is 0 Å². The predicted octanol–water partition coefficient (Wildman–Crippen LogP) is -0.443. The van der Waals surface area contributed by atoms with Crippen molar-refractivity contribution in [1.82, 2.24) is 20.3 Å². The molecular weight excluding hydrogens is 244 g/mol. The maximum absolute atomic E-state index is 11.4. The number of nitrogens with one attached hydrogen (secondary N) is 1. The SMILES string of the molecule is CCOC(=O)NC(=O)Cn1nnc(C(=O)O)c1C. The number of nitrogens with zero attached hydrogens (tertiary/aromatic N) is 3. The third-order valence-corrected chi connectivity index (χ3v) is 2.00. The van der Waals surface area contributed by atoms with E-state index in [-0.39, 0.29) is 24.5 Å². The molecule has 9 nitrogen and oxygen atoms in total. The van der Waals surface area contributed by atoms with Crippen LogP contribution in [-0.2, 0) is 16.1 Å². The highest BCUT2D eigenvalue weighted by Crippen LogP contribution is 2.02. The molecule has 0 fully saturated rings. The summed E-state index contributed by atoms with van der Waals surface area (Å²) in [7, 11) is 0. The van der Waals surface area contributed by atoms with Crippen molar-refractivity contribution in [2.24, 2.45) is 0 Å².